The number of sulfonamides is 1. The summed E-state index contributed by atoms with van der Waals surface area (Å²) in [6, 6.07) is -0.641. The summed E-state index contributed by atoms with van der Waals surface area (Å²) in [7, 11) is -3.66. The van der Waals surface area contributed by atoms with Crippen LogP contribution in [0.4, 0.5) is 0 Å². The molecule has 0 radical (unpaired) electrons. The van der Waals surface area contributed by atoms with Gasteiger partial charge < -0.3 is 5.32 Å². The largest absolute Gasteiger partial charge is 0.353 e. The Morgan fingerprint density at radius 2 is 2.28 bits per heavy atom. The van der Waals surface area contributed by atoms with E-state index in [0.29, 0.717) is 18.7 Å². The maximum atomic E-state index is 12.5. The normalized spacial score (nSPS) is 21.9. The molecular weight excluding hydrogens is 256 g/mol. The Hall–Kier alpha value is -1.41. The zero-order valence-corrected chi connectivity index (χ0v) is 11.1. The Morgan fingerprint density at radius 3 is 2.83 bits per heavy atom. The highest BCUT2D eigenvalue weighted by atomic mass is 32.2. The minimum Gasteiger partial charge on any atom is -0.353 e. The van der Waals surface area contributed by atoms with E-state index >= 15 is 0 Å². The van der Waals surface area contributed by atoms with Crippen molar-refractivity contribution in [2.45, 2.75) is 31.2 Å². The number of nitrogens with one attached hydrogen (secondary N) is 2. The molecule has 0 bridgehead atoms. The number of aromatic amines is 1. The highest BCUT2D eigenvalue weighted by molar-refractivity contribution is 7.89. The topological polar surface area (TPSA) is 95.2 Å². The molecule has 0 aliphatic carbocycles. The van der Waals surface area contributed by atoms with Crippen molar-refractivity contribution in [3.63, 3.8) is 0 Å². The van der Waals surface area contributed by atoms with Crippen molar-refractivity contribution in [1.82, 2.24) is 19.8 Å². The SMILES string of the molecule is CCC1C(=O)NCCN1S(=O)(=O)c1cn[nH]c1C. The van der Waals surface area contributed by atoms with Crippen molar-refractivity contribution >= 4 is 15.9 Å². The van der Waals surface area contributed by atoms with E-state index in [0.717, 1.165) is 0 Å². The van der Waals surface area contributed by atoms with Gasteiger partial charge in [-0.1, -0.05) is 6.92 Å². The Labute approximate surface area is 106 Å². The van der Waals surface area contributed by atoms with Crippen molar-refractivity contribution < 1.29 is 13.2 Å². The molecule has 2 heterocycles. The van der Waals surface area contributed by atoms with Gasteiger partial charge in [0.05, 0.1) is 11.9 Å². The van der Waals surface area contributed by atoms with Gasteiger partial charge in [-0.25, -0.2) is 8.42 Å². The quantitative estimate of drug-likeness (QED) is 0.784. The van der Waals surface area contributed by atoms with Gasteiger partial charge in [-0.15, -0.1) is 0 Å². The Kier molecular flexibility index (Phi) is 3.40. The van der Waals surface area contributed by atoms with Gasteiger partial charge in [-0.2, -0.15) is 9.40 Å². The molecule has 1 saturated heterocycles. The van der Waals surface area contributed by atoms with Crippen LogP contribution in [0.25, 0.3) is 0 Å². The third kappa shape index (κ3) is 2.01. The molecule has 18 heavy (non-hydrogen) atoms. The second-order valence-corrected chi connectivity index (χ2v) is 6.05. The average Bonchev–Trinajstić information content (AvgIpc) is 2.75. The van der Waals surface area contributed by atoms with Crippen LogP contribution in [0.15, 0.2) is 11.1 Å². The number of H-pyrrole nitrogens is 1. The molecule has 1 aromatic heterocycles. The number of aromatic nitrogens is 2. The number of carbonyl (C=O) groups is 1. The van der Waals surface area contributed by atoms with Crippen LogP contribution in [-0.2, 0) is 14.8 Å². The molecule has 1 aliphatic rings. The van der Waals surface area contributed by atoms with Gasteiger partial charge in [0.2, 0.25) is 15.9 Å². The van der Waals surface area contributed by atoms with Gasteiger partial charge >= 0.3 is 0 Å². The van der Waals surface area contributed by atoms with Crippen molar-refractivity contribution in [3.8, 4) is 0 Å². The lowest BCUT2D eigenvalue weighted by Gasteiger charge is -2.33. The smallest absolute Gasteiger partial charge is 0.247 e. The molecule has 100 valence electrons. The average molecular weight is 272 g/mol. The fourth-order valence-corrected chi connectivity index (χ4v) is 3.88. The van der Waals surface area contributed by atoms with Crippen LogP contribution in [-0.4, -0.2) is 48.0 Å². The summed E-state index contributed by atoms with van der Waals surface area (Å²) < 4.78 is 26.2. The van der Waals surface area contributed by atoms with Crippen molar-refractivity contribution in [3.05, 3.63) is 11.9 Å². The third-order valence-corrected chi connectivity index (χ3v) is 5.06. The van der Waals surface area contributed by atoms with E-state index in [-0.39, 0.29) is 17.3 Å². The highest BCUT2D eigenvalue weighted by Crippen LogP contribution is 2.22. The Morgan fingerprint density at radius 1 is 1.56 bits per heavy atom. The number of nitrogens with zero attached hydrogens (tertiary/aromatic N) is 2. The summed E-state index contributed by atoms with van der Waals surface area (Å²) in [5, 5.41) is 9.00. The fraction of sp³-hybridized carbons (Fsp3) is 0.600. The highest BCUT2D eigenvalue weighted by Gasteiger charge is 2.38. The van der Waals surface area contributed by atoms with Crippen molar-refractivity contribution in [2.24, 2.45) is 0 Å². The number of carbonyl (C=O) groups excluding carboxylic acids is 1. The number of aryl methyl sites for hydroxylation is 1. The maximum absolute atomic E-state index is 12.5. The monoisotopic (exact) mass is 272 g/mol. The van der Waals surface area contributed by atoms with Crippen LogP contribution in [0.1, 0.15) is 19.0 Å². The van der Waals surface area contributed by atoms with Crippen LogP contribution in [0.2, 0.25) is 0 Å². The first kappa shape index (κ1) is 13.0. The van der Waals surface area contributed by atoms with Crippen LogP contribution >= 0.6 is 0 Å². The zero-order valence-electron chi connectivity index (χ0n) is 10.3. The fourth-order valence-electron chi connectivity index (χ4n) is 2.10. The van der Waals surface area contributed by atoms with Gasteiger partial charge in [0.15, 0.2) is 0 Å². The molecule has 1 aliphatic heterocycles. The molecule has 7 nitrogen and oxygen atoms in total. The maximum Gasteiger partial charge on any atom is 0.247 e. The van der Waals surface area contributed by atoms with E-state index in [1.165, 1.54) is 10.5 Å². The second-order valence-electron chi connectivity index (χ2n) is 4.19. The van der Waals surface area contributed by atoms with Gasteiger partial charge in [0.1, 0.15) is 10.9 Å². The van der Waals surface area contributed by atoms with Gasteiger partial charge in [0, 0.05) is 13.1 Å². The predicted octanol–water partition coefficient (Wildman–Crippen LogP) is -0.383. The minimum atomic E-state index is -3.66. The van der Waals surface area contributed by atoms with E-state index < -0.39 is 16.1 Å². The molecule has 2 N–H and O–H groups in total. The predicted molar refractivity (Wildman–Crippen MR) is 64.3 cm³/mol. The van der Waals surface area contributed by atoms with E-state index in [1.807, 2.05) is 0 Å². The van der Waals surface area contributed by atoms with Crippen LogP contribution in [0.3, 0.4) is 0 Å². The minimum absolute atomic E-state index is 0.135. The number of hydrogen-bond acceptors (Lipinski definition) is 4. The molecule has 0 aromatic carbocycles. The van der Waals surface area contributed by atoms with Gasteiger partial charge in [0.25, 0.3) is 0 Å². The van der Waals surface area contributed by atoms with E-state index in [9.17, 15) is 13.2 Å². The number of amides is 1. The third-order valence-electron chi connectivity index (χ3n) is 3.04. The first-order valence-electron chi connectivity index (χ1n) is 5.78. The summed E-state index contributed by atoms with van der Waals surface area (Å²) in [4.78, 5) is 11.8. The standard InChI is InChI=1S/C10H16N4O3S/c1-3-8-10(15)11-4-5-14(8)18(16,17)9-6-12-13-7(9)2/h6,8H,3-5H2,1-2H3,(H,11,15)(H,12,13). The van der Waals surface area contributed by atoms with Crippen LogP contribution in [0, 0.1) is 6.92 Å². The Balaban J connectivity index is 2.40. The molecule has 1 amide bonds. The van der Waals surface area contributed by atoms with Crippen LogP contribution in [0.5, 0.6) is 0 Å². The van der Waals surface area contributed by atoms with E-state index in [1.54, 1.807) is 13.8 Å². The lowest BCUT2D eigenvalue weighted by atomic mass is 10.2. The summed E-state index contributed by atoms with van der Waals surface area (Å²) in [6.07, 6.45) is 1.73. The zero-order chi connectivity index (χ0) is 13.3. The van der Waals surface area contributed by atoms with Gasteiger partial charge in [-0.05, 0) is 13.3 Å². The summed E-state index contributed by atoms with van der Waals surface area (Å²) >= 11 is 0. The van der Waals surface area contributed by atoms with E-state index in [4.69, 9.17) is 0 Å². The summed E-state index contributed by atoms with van der Waals surface area (Å²) in [5.74, 6) is -0.242. The number of hydrogen-bond donors (Lipinski definition) is 2. The number of rotatable bonds is 3. The molecule has 1 aromatic rings. The first-order chi connectivity index (χ1) is 8.48. The number of piperazine rings is 1. The second kappa shape index (κ2) is 4.69. The summed E-state index contributed by atoms with van der Waals surface area (Å²) in [6.45, 7) is 4.06. The van der Waals surface area contributed by atoms with Crippen LogP contribution < -0.4 is 5.32 Å². The summed E-state index contributed by atoms with van der Waals surface area (Å²) in [5.41, 5.74) is 0.482. The lowest BCUT2D eigenvalue weighted by molar-refractivity contribution is -0.126. The Bertz CT molecular complexity index is 551. The molecule has 1 fully saturated rings. The van der Waals surface area contributed by atoms with Gasteiger partial charge in [-0.3, -0.25) is 9.89 Å². The molecule has 1 unspecified atom stereocenters. The molecule has 8 heteroatoms. The first-order valence-corrected chi connectivity index (χ1v) is 7.22. The molecule has 2 rings (SSSR count). The molecule has 0 saturated carbocycles. The lowest BCUT2D eigenvalue weighted by Crippen LogP contribution is -2.56. The molecule has 0 spiro atoms. The van der Waals surface area contributed by atoms with Crippen molar-refractivity contribution in [2.75, 3.05) is 13.1 Å². The van der Waals surface area contributed by atoms with E-state index in [2.05, 4.69) is 15.5 Å². The molecule has 1 atom stereocenters. The van der Waals surface area contributed by atoms with Crippen molar-refractivity contribution in [1.29, 1.82) is 0 Å². The molecular formula is C10H16N4O3S.